The monoisotopic (exact) mass is 394 g/mol. The Morgan fingerprint density at radius 2 is 1.93 bits per heavy atom. The molecule has 0 radical (unpaired) electrons. The second-order valence-corrected chi connectivity index (χ2v) is 7.90. The summed E-state index contributed by atoms with van der Waals surface area (Å²) in [4.78, 5) is 13.5. The summed E-state index contributed by atoms with van der Waals surface area (Å²) in [6.45, 7) is 3.26. The molecular weight excluding hydrogens is 374 g/mol. The van der Waals surface area contributed by atoms with Gasteiger partial charge in [-0.15, -0.1) is 0 Å². The quantitative estimate of drug-likeness (QED) is 0.415. The maximum atomic E-state index is 14.8. The molecule has 28 heavy (non-hydrogen) atoms. The first-order valence-corrected chi connectivity index (χ1v) is 9.39. The van der Waals surface area contributed by atoms with E-state index in [2.05, 4.69) is 24.4 Å². The van der Waals surface area contributed by atoms with Crippen LogP contribution >= 0.6 is 0 Å². The number of nitrogens with zero attached hydrogens (tertiary/aromatic N) is 5. The van der Waals surface area contributed by atoms with Crippen LogP contribution in [0.2, 0.25) is 0 Å². The van der Waals surface area contributed by atoms with Crippen molar-refractivity contribution in [2.45, 2.75) is 31.1 Å². The summed E-state index contributed by atoms with van der Waals surface area (Å²) in [7, 11) is 2.05. The van der Waals surface area contributed by atoms with Gasteiger partial charge in [0.1, 0.15) is 17.5 Å². The molecular formula is C19H20F4N5+. The maximum absolute atomic E-state index is 14.8. The van der Waals surface area contributed by atoms with E-state index in [0.29, 0.717) is 17.8 Å². The topological polar surface area (TPSA) is 34.2 Å². The smallest absolute Gasteiger partial charge is 0.351 e. The largest absolute Gasteiger partial charge is 0.393 e. The van der Waals surface area contributed by atoms with E-state index in [1.807, 2.05) is 7.05 Å². The zero-order valence-electron chi connectivity index (χ0n) is 15.4. The lowest BCUT2D eigenvalue weighted by atomic mass is 9.98. The minimum atomic E-state index is -4.37. The van der Waals surface area contributed by atoms with Gasteiger partial charge in [0.05, 0.1) is 6.42 Å². The fourth-order valence-electron chi connectivity index (χ4n) is 4.36. The van der Waals surface area contributed by atoms with Gasteiger partial charge in [-0.1, -0.05) is 6.07 Å². The second-order valence-electron chi connectivity index (χ2n) is 7.90. The molecule has 0 N–H and O–H groups in total. The van der Waals surface area contributed by atoms with Crippen LogP contribution < -0.4 is 0 Å². The SMILES string of the molecule is CN1CCN(C2=Nc3c(F)cc(CC(F)(F)F)cc3CC3C4C2=NC=[N+]34)CC1. The fraction of sp³-hybridized carbons (Fsp3) is 0.526. The molecule has 0 aromatic heterocycles. The minimum Gasteiger partial charge on any atom is -0.351 e. The van der Waals surface area contributed by atoms with E-state index in [9.17, 15) is 17.6 Å². The van der Waals surface area contributed by atoms with Gasteiger partial charge in [-0.3, -0.25) is 0 Å². The van der Waals surface area contributed by atoms with Gasteiger partial charge in [0.25, 0.3) is 6.34 Å². The Morgan fingerprint density at radius 1 is 1.18 bits per heavy atom. The fourth-order valence-corrected chi connectivity index (χ4v) is 4.36. The van der Waals surface area contributed by atoms with Crippen LogP contribution in [0, 0.1) is 5.82 Å². The third-order valence-corrected chi connectivity index (χ3v) is 5.87. The van der Waals surface area contributed by atoms with Crippen LogP contribution in [0.25, 0.3) is 0 Å². The number of hydrogen-bond acceptors (Lipinski definition) is 4. The van der Waals surface area contributed by atoms with Crippen LogP contribution in [0.5, 0.6) is 0 Å². The van der Waals surface area contributed by atoms with Gasteiger partial charge < -0.3 is 9.80 Å². The molecule has 1 aromatic carbocycles. The van der Waals surface area contributed by atoms with Gasteiger partial charge in [-0.25, -0.2) is 14.0 Å². The number of halogens is 4. The average Bonchev–Trinajstić information content (AvgIpc) is 3.07. The summed E-state index contributed by atoms with van der Waals surface area (Å²) in [6.07, 6.45) is -3.26. The molecule has 0 aliphatic carbocycles. The van der Waals surface area contributed by atoms with Crippen molar-refractivity contribution in [1.82, 2.24) is 9.80 Å². The van der Waals surface area contributed by atoms with Crippen molar-refractivity contribution in [1.29, 1.82) is 0 Å². The lowest BCUT2D eigenvalue weighted by molar-refractivity contribution is -0.363. The van der Waals surface area contributed by atoms with Crippen LogP contribution in [0.15, 0.2) is 22.1 Å². The molecule has 148 valence electrons. The molecule has 2 unspecified atom stereocenters. The van der Waals surface area contributed by atoms with Gasteiger partial charge in [-0.05, 0) is 29.2 Å². The standard InChI is InChI=1S/C19H20F4N5/c1-26-2-4-27(5-3-26)18-16-17-14(28(17)10-24-16)8-12-6-11(9-19(21,22)23)7-13(20)15(12)25-18/h6-7,10,14,17H,2-5,8-9H2,1H3/q+1. The number of piperazine rings is 1. The Morgan fingerprint density at radius 3 is 2.64 bits per heavy atom. The molecule has 2 saturated heterocycles. The minimum absolute atomic E-state index is 0.0562. The summed E-state index contributed by atoms with van der Waals surface area (Å²) in [5.74, 6) is -0.0410. The number of amidine groups is 1. The molecule has 4 aliphatic rings. The van der Waals surface area contributed by atoms with Gasteiger partial charge in [-0.2, -0.15) is 13.2 Å². The summed E-state index contributed by atoms with van der Waals surface area (Å²) in [5, 5.41) is 0. The molecule has 2 atom stereocenters. The highest BCUT2D eigenvalue weighted by molar-refractivity contribution is 6.45. The Labute approximate surface area is 159 Å². The summed E-state index contributed by atoms with van der Waals surface area (Å²) < 4.78 is 55.3. The molecule has 0 bridgehead atoms. The number of rotatable bonds is 1. The van der Waals surface area contributed by atoms with Crippen LogP contribution in [0.1, 0.15) is 11.1 Å². The summed E-state index contributed by atoms with van der Waals surface area (Å²) in [5.41, 5.74) is 1.48. The van der Waals surface area contributed by atoms with Gasteiger partial charge >= 0.3 is 6.18 Å². The molecule has 5 rings (SSSR count). The van der Waals surface area contributed by atoms with Gasteiger partial charge in [0, 0.05) is 32.6 Å². The Bertz CT molecular complexity index is 925. The molecule has 4 aliphatic heterocycles. The maximum Gasteiger partial charge on any atom is 0.393 e. The Hall–Kier alpha value is -2.29. The molecule has 0 amide bonds. The normalized spacial score (nSPS) is 26.6. The van der Waals surface area contributed by atoms with Gasteiger partial charge in [0.15, 0.2) is 5.84 Å². The predicted octanol–water partition coefficient (Wildman–Crippen LogP) is 2.01. The van der Waals surface area contributed by atoms with E-state index in [1.54, 1.807) is 6.34 Å². The number of likely N-dealkylation sites (N-methyl/N-ethyl adjacent to an activating group) is 1. The zero-order valence-corrected chi connectivity index (χ0v) is 15.4. The molecule has 0 spiro atoms. The number of hydrogen-bond donors (Lipinski definition) is 0. The lowest BCUT2D eigenvalue weighted by Gasteiger charge is -2.34. The first kappa shape index (κ1) is 17.8. The van der Waals surface area contributed by atoms with Crippen LogP contribution in [0.3, 0.4) is 0 Å². The molecule has 4 heterocycles. The van der Waals surface area contributed by atoms with Crippen molar-refractivity contribution in [3.05, 3.63) is 29.1 Å². The van der Waals surface area contributed by atoms with E-state index in [4.69, 9.17) is 0 Å². The van der Waals surface area contributed by atoms with E-state index >= 15 is 0 Å². The second kappa shape index (κ2) is 6.10. The first-order chi connectivity index (χ1) is 13.3. The summed E-state index contributed by atoms with van der Waals surface area (Å²) >= 11 is 0. The Balaban J connectivity index is 1.57. The van der Waals surface area contributed by atoms with Crippen LogP contribution in [-0.2, 0) is 12.8 Å². The van der Waals surface area contributed by atoms with E-state index in [1.165, 1.54) is 6.07 Å². The van der Waals surface area contributed by atoms with E-state index in [0.717, 1.165) is 38.0 Å². The summed E-state index contributed by atoms with van der Waals surface area (Å²) in [6, 6.07) is 2.65. The van der Waals surface area contributed by atoms with E-state index in [-0.39, 0.29) is 23.3 Å². The highest BCUT2D eigenvalue weighted by Crippen LogP contribution is 2.38. The highest BCUT2D eigenvalue weighted by Gasteiger charge is 2.60. The average molecular weight is 394 g/mol. The van der Waals surface area contributed by atoms with Crippen molar-refractivity contribution < 1.29 is 22.1 Å². The number of fused-ring (bicyclic) bond motifs is 2. The van der Waals surface area contributed by atoms with Crippen molar-refractivity contribution in [3.8, 4) is 0 Å². The van der Waals surface area contributed by atoms with Crippen molar-refractivity contribution in [2.24, 2.45) is 9.98 Å². The molecule has 2 fully saturated rings. The van der Waals surface area contributed by atoms with Crippen LogP contribution in [0.4, 0.5) is 23.2 Å². The van der Waals surface area contributed by atoms with Crippen molar-refractivity contribution in [3.63, 3.8) is 0 Å². The number of alkyl halides is 3. The van der Waals surface area contributed by atoms with Gasteiger partial charge in [0.2, 0.25) is 11.8 Å². The predicted molar refractivity (Wildman–Crippen MR) is 97.4 cm³/mol. The van der Waals surface area contributed by atoms with E-state index < -0.39 is 18.4 Å². The zero-order chi connectivity index (χ0) is 19.6. The third kappa shape index (κ3) is 3.01. The van der Waals surface area contributed by atoms with Crippen LogP contribution in [-0.4, -0.2) is 83.7 Å². The number of benzene rings is 1. The molecule has 9 heteroatoms. The lowest BCUT2D eigenvalue weighted by Crippen LogP contribution is -2.50. The molecule has 0 saturated carbocycles. The Kier molecular flexibility index (Phi) is 3.88. The molecule has 5 nitrogen and oxygen atoms in total. The third-order valence-electron chi connectivity index (χ3n) is 5.87. The first-order valence-electron chi connectivity index (χ1n) is 9.39. The van der Waals surface area contributed by atoms with Crippen molar-refractivity contribution >= 4 is 23.6 Å². The highest BCUT2D eigenvalue weighted by atomic mass is 19.4. The molecule has 1 aromatic rings. The van der Waals surface area contributed by atoms with Crippen molar-refractivity contribution in [2.75, 3.05) is 33.2 Å². The number of aliphatic imine (C=N–C) groups is 2.